The molecule has 27 heavy (non-hydrogen) atoms. The highest BCUT2D eigenvalue weighted by Gasteiger charge is 2.36. The Morgan fingerprint density at radius 3 is 2.33 bits per heavy atom. The summed E-state index contributed by atoms with van der Waals surface area (Å²) in [6, 6.07) is 5.54. The van der Waals surface area contributed by atoms with Crippen molar-refractivity contribution >= 4 is 0 Å². The molecular formula is C20H24O7. The van der Waals surface area contributed by atoms with E-state index in [0.29, 0.717) is 16.9 Å². The molecule has 0 aromatic heterocycles. The van der Waals surface area contributed by atoms with Crippen LogP contribution in [-0.2, 0) is 11.3 Å². The normalized spacial score (nSPS) is 20.1. The van der Waals surface area contributed by atoms with Crippen molar-refractivity contribution in [1.29, 1.82) is 0 Å². The maximum atomic E-state index is 10.9. The van der Waals surface area contributed by atoms with E-state index in [1.54, 1.807) is 20.8 Å². The third-order valence-corrected chi connectivity index (χ3v) is 4.88. The summed E-state index contributed by atoms with van der Waals surface area (Å²) in [5.41, 5.74) is -0.0240. The number of rotatable bonds is 2. The third kappa shape index (κ3) is 3.41. The number of aliphatic hydroxyl groups excluding tert-OH is 2. The third-order valence-electron chi connectivity index (χ3n) is 4.88. The second-order valence-corrected chi connectivity index (χ2v) is 7.28. The van der Waals surface area contributed by atoms with Crippen LogP contribution in [0.25, 0.3) is 0 Å². The number of benzene rings is 2. The topological polar surface area (TPSA) is 120 Å². The fourth-order valence-electron chi connectivity index (χ4n) is 3.22. The van der Waals surface area contributed by atoms with Crippen LogP contribution in [0.5, 0.6) is 23.0 Å². The molecule has 3 rings (SSSR count). The number of hydrogen-bond donors (Lipinski definition) is 5. The van der Waals surface area contributed by atoms with Crippen LogP contribution >= 0.6 is 0 Å². The lowest BCUT2D eigenvalue weighted by Crippen LogP contribution is -2.46. The highest BCUT2D eigenvalue weighted by atomic mass is 16.5. The molecule has 0 spiro atoms. The minimum Gasteiger partial charge on any atom is -0.508 e. The predicted molar refractivity (Wildman–Crippen MR) is 97.0 cm³/mol. The lowest BCUT2D eigenvalue weighted by Gasteiger charge is -2.36. The van der Waals surface area contributed by atoms with Gasteiger partial charge >= 0.3 is 0 Å². The second kappa shape index (κ2) is 6.92. The van der Waals surface area contributed by atoms with Crippen LogP contribution in [0.4, 0.5) is 0 Å². The molecule has 7 heteroatoms. The van der Waals surface area contributed by atoms with Crippen molar-refractivity contribution in [3.05, 3.63) is 46.5 Å². The number of hydrogen-bond acceptors (Lipinski definition) is 7. The molecule has 7 nitrogen and oxygen atoms in total. The van der Waals surface area contributed by atoms with Gasteiger partial charge in [-0.15, -0.1) is 0 Å². The largest absolute Gasteiger partial charge is 0.508 e. The molecule has 1 aliphatic rings. The zero-order valence-electron chi connectivity index (χ0n) is 15.4. The molecule has 2 aromatic carbocycles. The summed E-state index contributed by atoms with van der Waals surface area (Å²) < 4.78 is 11.6. The number of ether oxygens (including phenoxy) is 2. The molecule has 1 aliphatic heterocycles. The van der Waals surface area contributed by atoms with Gasteiger partial charge in [0.2, 0.25) is 0 Å². The maximum Gasteiger partial charge on any atom is 0.131 e. The van der Waals surface area contributed by atoms with Crippen molar-refractivity contribution in [2.24, 2.45) is 0 Å². The average molecular weight is 376 g/mol. The summed E-state index contributed by atoms with van der Waals surface area (Å²) >= 11 is 0. The molecule has 0 aliphatic carbocycles. The van der Waals surface area contributed by atoms with Crippen molar-refractivity contribution in [2.45, 2.75) is 45.2 Å². The molecule has 1 heterocycles. The second-order valence-electron chi connectivity index (χ2n) is 7.28. The smallest absolute Gasteiger partial charge is 0.131 e. The Balaban J connectivity index is 2.20. The summed E-state index contributed by atoms with van der Waals surface area (Å²) in [4.78, 5) is 0. The zero-order valence-corrected chi connectivity index (χ0v) is 15.4. The van der Waals surface area contributed by atoms with Crippen LogP contribution in [0.3, 0.4) is 0 Å². The minimum absolute atomic E-state index is 0.0124. The molecule has 146 valence electrons. The van der Waals surface area contributed by atoms with Crippen LogP contribution in [0, 0.1) is 6.92 Å². The van der Waals surface area contributed by atoms with Crippen LogP contribution in [0.2, 0.25) is 0 Å². The lowest BCUT2D eigenvalue weighted by molar-refractivity contribution is -0.0854. The van der Waals surface area contributed by atoms with Gasteiger partial charge in [0.1, 0.15) is 40.8 Å². The standard InChI is InChI=1S/C20H24O7/c1-10-7-14(23)16(18(25)17-12(21)5-4-6-13(17)22)11-8-26-9-15(24)20(2,3)27-19(10)11/h4-7,15,18,21-25H,8-9H2,1-3H3/t15-,18-/m1/s1. The number of phenolic OH excluding ortho intramolecular Hbond substituents is 3. The van der Waals surface area contributed by atoms with Crippen LogP contribution in [0.1, 0.15) is 42.2 Å². The summed E-state index contributed by atoms with van der Waals surface area (Å²) in [6.45, 7) is 5.15. The fraction of sp³-hybridized carbons (Fsp3) is 0.400. The van der Waals surface area contributed by atoms with Crippen molar-refractivity contribution in [3.8, 4) is 23.0 Å². The van der Waals surface area contributed by atoms with E-state index in [9.17, 15) is 25.5 Å². The Kier molecular flexibility index (Phi) is 4.94. The number of aromatic hydroxyl groups is 3. The Morgan fingerprint density at radius 2 is 1.70 bits per heavy atom. The molecule has 0 amide bonds. The van der Waals surface area contributed by atoms with Gasteiger partial charge in [0.25, 0.3) is 0 Å². The Labute approximate surface area is 157 Å². The van der Waals surface area contributed by atoms with E-state index < -0.39 is 17.8 Å². The van der Waals surface area contributed by atoms with E-state index >= 15 is 0 Å². The number of aliphatic hydroxyl groups is 2. The maximum absolute atomic E-state index is 10.9. The van der Waals surface area contributed by atoms with Crippen LogP contribution < -0.4 is 4.74 Å². The Bertz CT molecular complexity index is 840. The molecule has 0 bridgehead atoms. The number of aryl methyl sites for hydroxylation is 1. The van der Waals surface area contributed by atoms with E-state index in [1.165, 1.54) is 24.3 Å². The molecule has 0 saturated heterocycles. The van der Waals surface area contributed by atoms with Crippen molar-refractivity contribution in [1.82, 2.24) is 0 Å². The van der Waals surface area contributed by atoms with Gasteiger partial charge in [-0.05, 0) is 44.5 Å². The highest BCUT2D eigenvalue weighted by Crippen LogP contribution is 2.45. The van der Waals surface area contributed by atoms with Gasteiger partial charge in [-0.25, -0.2) is 0 Å². The molecule has 0 unspecified atom stereocenters. The molecule has 2 aromatic rings. The van der Waals surface area contributed by atoms with Crippen molar-refractivity contribution in [3.63, 3.8) is 0 Å². The average Bonchev–Trinajstić information content (AvgIpc) is 2.56. The molecule has 5 N–H and O–H groups in total. The Hall–Kier alpha value is -2.48. The molecule has 0 saturated carbocycles. The molecular weight excluding hydrogens is 352 g/mol. The monoisotopic (exact) mass is 376 g/mol. The van der Waals surface area contributed by atoms with E-state index in [0.717, 1.165) is 0 Å². The van der Waals surface area contributed by atoms with Gasteiger partial charge in [-0.2, -0.15) is 0 Å². The van der Waals surface area contributed by atoms with Gasteiger partial charge in [0.15, 0.2) is 0 Å². The molecule has 2 atom stereocenters. The Morgan fingerprint density at radius 1 is 1.07 bits per heavy atom. The van der Waals surface area contributed by atoms with Gasteiger partial charge in [-0.1, -0.05) is 6.07 Å². The fourth-order valence-corrected chi connectivity index (χ4v) is 3.22. The van der Waals surface area contributed by atoms with E-state index in [-0.39, 0.29) is 41.6 Å². The van der Waals surface area contributed by atoms with Gasteiger partial charge in [-0.3, -0.25) is 0 Å². The van der Waals surface area contributed by atoms with Crippen molar-refractivity contribution < 1.29 is 35.0 Å². The van der Waals surface area contributed by atoms with E-state index in [2.05, 4.69) is 0 Å². The van der Waals surface area contributed by atoms with Gasteiger partial charge in [0.05, 0.1) is 18.8 Å². The van der Waals surface area contributed by atoms with Gasteiger partial charge < -0.3 is 35.0 Å². The van der Waals surface area contributed by atoms with E-state index in [4.69, 9.17) is 9.47 Å². The first kappa shape index (κ1) is 19.3. The summed E-state index contributed by atoms with van der Waals surface area (Å²) in [5.74, 6) is -0.452. The quantitative estimate of drug-likeness (QED) is 0.545. The molecule has 0 fully saturated rings. The van der Waals surface area contributed by atoms with Crippen LogP contribution in [0.15, 0.2) is 24.3 Å². The summed E-state index contributed by atoms with van der Waals surface area (Å²) in [6.07, 6.45) is -2.38. The minimum atomic E-state index is -1.51. The SMILES string of the molecule is Cc1cc(O)c([C@@H](O)c2c(O)cccc2O)c2c1OC(C)(C)[C@H](O)COC2. The van der Waals surface area contributed by atoms with Gasteiger partial charge in [0, 0.05) is 11.1 Å². The summed E-state index contributed by atoms with van der Waals surface area (Å²) in [7, 11) is 0. The number of fused-ring (bicyclic) bond motifs is 1. The first-order chi connectivity index (χ1) is 12.6. The van der Waals surface area contributed by atoms with Crippen LogP contribution in [-0.4, -0.2) is 43.8 Å². The molecule has 0 radical (unpaired) electrons. The van der Waals surface area contributed by atoms with E-state index in [1.807, 2.05) is 0 Å². The predicted octanol–water partition coefficient (Wildman–Crippen LogP) is 2.24. The highest BCUT2D eigenvalue weighted by molar-refractivity contribution is 5.58. The van der Waals surface area contributed by atoms with Crippen molar-refractivity contribution in [2.75, 3.05) is 6.61 Å². The number of phenols is 3. The first-order valence-electron chi connectivity index (χ1n) is 8.62. The summed E-state index contributed by atoms with van der Waals surface area (Å²) in [5, 5.41) is 51.8. The lowest BCUT2D eigenvalue weighted by atomic mass is 9.91. The first-order valence-corrected chi connectivity index (χ1v) is 8.62. The zero-order chi connectivity index (χ0) is 19.9.